The van der Waals surface area contributed by atoms with Gasteiger partial charge in [0.1, 0.15) is 17.5 Å². The maximum Gasteiger partial charge on any atom is 0.258 e. The molecule has 1 fully saturated rings. The van der Waals surface area contributed by atoms with Gasteiger partial charge in [0, 0.05) is 19.2 Å². The molecule has 6 heteroatoms. The highest BCUT2D eigenvalue weighted by Crippen LogP contribution is 2.27. The number of benzene rings is 1. The molecule has 2 amide bonds. The Morgan fingerprint density at radius 2 is 2.14 bits per heavy atom. The molecule has 1 heterocycles. The number of piperazine rings is 1. The number of nitrogens with one attached hydrogen (secondary N) is 1. The first kappa shape index (κ1) is 15.2. The molecule has 1 atom stereocenters. The summed E-state index contributed by atoms with van der Waals surface area (Å²) in [4.78, 5) is 26.2. The van der Waals surface area contributed by atoms with Gasteiger partial charge >= 0.3 is 0 Å². The van der Waals surface area contributed by atoms with Gasteiger partial charge in [-0.3, -0.25) is 9.59 Å². The van der Waals surface area contributed by atoms with Crippen LogP contribution in [0.1, 0.15) is 23.7 Å². The van der Waals surface area contributed by atoms with Crippen molar-refractivity contribution in [3.8, 4) is 11.5 Å². The van der Waals surface area contributed by atoms with Crippen molar-refractivity contribution in [2.24, 2.45) is 0 Å². The molecule has 0 aliphatic carbocycles. The molecule has 0 radical (unpaired) electrons. The van der Waals surface area contributed by atoms with E-state index >= 15 is 0 Å². The molecule has 2 rings (SSSR count). The summed E-state index contributed by atoms with van der Waals surface area (Å²) in [5.74, 6) is 0.757. The third kappa shape index (κ3) is 2.94. The number of rotatable bonds is 4. The van der Waals surface area contributed by atoms with Gasteiger partial charge in [-0.15, -0.1) is 0 Å². The van der Waals surface area contributed by atoms with Crippen LogP contribution in [-0.4, -0.2) is 50.1 Å². The quantitative estimate of drug-likeness (QED) is 0.901. The second-order valence-corrected chi connectivity index (χ2v) is 4.78. The Balaban J connectivity index is 2.32. The fourth-order valence-electron chi connectivity index (χ4n) is 2.49. The van der Waals surface area contributed by atoms with Gasteiger partial charge in [0.15, 0.2) is 0 Å². The van der Waals surface area contributed by atoms with Crippen LogP contribution < -0.4 is 14.8 Å². The van der Waals surface area contributed by atoms with Gasteiger partial charge in [0.2, 0.25) is 5.91 Å². The van der Waals surface area contributed by atoms with Crippen LogP contribution in [0.3, 0.4) is 0 Å². The Morgan fingerprint density at radius 1 is 1.38 bits per heavy atom. The molecule has 1 unspecified atom stereocenters. The van der Waals surface area contributed by atoms with Crippen molar-refractivity contribution in [1.29, 1.82) is 0 Å². The van der Waals surface area contributed by atoms with Gasteiger partial charge in [-0.25, -0.2) is 0 Å². The SMILES string of the molecule is CCC1C(=O)NCCN1C(=O)c1ccc(OC)cc1OC. The predicted octanol–water partition coefficient (Wildman–Crippen LogP) is 1.05. The average molecular weight is 292 g/mol. The van der Waals surface area contributed by atoms with Crippen LogP contribution in [0, 0.1) is 0 Å². The third-order valence-corrected chi connectivity index (χ3v) is 3.62. The number of hydrogen-bond donors (Lipinski definition) is 1. The second-order valence-electron chi connectivity index (χ2n) is 4.78. The topological polar surface area (TPSA) is 67.9 Å². The summed E-state index contributed by atoms with van der Waals surface area (Å²) in [6.07, 6.45) is 0.579. The summed E-state index contributed by atoms with van der Waals surface area (Å²) in [7, 11) is 3.06. The van der Waals surface area contributed by atoms with Crippen molar-refractivity contribution >= 4 is 11.8 Å². The fourth-order valence-corrected chi connectivity index (χ4v) is 2.49. The standard InChI is InChI=1S/C15H20N2O4/c1-4-12-14(18)16-7-8-17(12)15(19)11-6-5-10(20-2)9-13(11)21-3/h5-6,9,12H,4,7-8H2,1-3H3,(H,16,18). The molecule has 1 aliphatic heterocycles. The van der Waals surface area contributed by atoms with Crippen molar-refractivity contribution in [3.05, 3.63) is 23.8 Å². The fraction of sp³-hybridized carbons (Fsp3) is 0.467. The van der Waals surface area contributed by atoms with Crippen LogP contribution in [-0.2, 0) is 4.79 Å². The summed E-state index contributed by atoms with van der Waals surface area (Å²) in [5.41, 5.74) is 0.437. The maximum atomic E-state index is 12.7. The van der Waals surface area contributed by atoms with Crippen LogP contribution in [0.15, 0.2) is 18.2 Å². The Labute approximate surface area is 124 Å². The number of carbonyl (C=O) groups is 2. The first-order chi connectivity index (χ1) is 10.1. The van der Waals surface area contributed by atoms with Crippen molar-refractivity contribution in [2.75, 3.05) is 27.3 Å². The monoisotopic (exact) mass is 292 g/mol. The summed E-state index contributed by atoms with van der Waals surface area (Å²) >= 11 is 0. The largest absolute Gasteiger partial charge is 0.497 e. The third-order valence-electron chi connectivity index (χ3n) is 3.62. The van der Waals surface area contributed by atoms with E-state index in [1.54, 1.807) is 30.2 Å². The molecule has 21 heavy (non-hydrogen) atoms. The van der Waals surface area contributed by atoms with Crippen molar-refractivity contribution < 1.29 is 19.1 Å². The molecule has 1 aromatic carbocycles. The smallest absolute Gasteiger partial charge is 0.258 e. The van der Waals surface area contributed by atoms with Crippen molar-refractivity contribution in [2.45, 2.75) is 19.4 Å². The number of carbonyl (C=O) groups excluding carboxylic acids is 2. The Morgan fingerprint density at radius 3 is 2.76 bits per heavy atom. The number of ether oxygens (including phenoxy) is 2. The van der Waals surface area contributed by atoms with Gasteiger partial charge in [-0.2, -0.15) is 0 Å². The van der Waals surface area contributed by atoms with Crippen molar-refractivity contribution in [3.63, 3.8) is 0 Å². The zero-order chi connectivity index (χ0) is 15.4. The van der Waals surface area contributed by atoms with Gasteiger partial charge in [0.05, 0.1) is 19.8 Å². The lowest BCUT2D eigenvalue weighted by atomic mass is 10.1. The number of hydrogen-bond acceptors (Lipinski definition) is 4. The minimum atomic E-state index is -0.432. The lowest BCUT2D eigenvalue weighted by Crippen LogP contribution is -2.56. The lowest BCUT2D eigenvalue weighted by molar-refractivity contribution is -0.127. The predicted molar refractivity (Wildman–Crippen MR) is 77.7 cm³/mol. The summed E-state index contributed by atoms with van der Waals surface area (Å²) < 4.78 is 10.4. The van der Waals surface area contributed by atoms with Crippen LogP contribution in [0.25, 0.3) is 0 Å². The van der Waals surface area contributed by atoms with Crippen LogP contribution in [0.5, 0.6) is 11.5 Å². The number of nitrogens with zero attached hydrogens (tertiary/aromatic N) is 1. The van der Waals surface area contributed by atoms with Crippen molar-refractivity contribution in [1.82, 2.24) is 10.2 Å². The van der Waals surface area contributed by atoms with Gasteiger partial charge in [-0.1, -0.05) is 6.92 Å². The second kappa shape index (κ2) is 6.47. The Hall–Kier alpha value is -2.24. The van der Waals surface area contributed by atoms with E-state index in [2.05, 4.69) is 5.32 Å². The first-order valence-electron chi connectivity index (χ1n) is 6.93. The minimum absolute atomic E-state index is 0.107. The molecule has 1 N–H and O–H groups in total. The maximum absolute atomic E-state index is 12.7. The molecule has 114 valence electrons. The van der Waals surface area contributed by atoms with E-state index in [1.807, 2.05) is 6.92 Å². The molecule has 6 nitrogen and oxygen atoms in total. The molecule has 0 saturated carbocycles. The molecule has 1 saturated heterocycles. The highest BCUT2D eigenvalue weighted by Gasteiger charge is 2.33. The van der Waals surface area contributed by atoms with E-state index < -0.39 is 6.04 Å². The molecule has 1 aromatic rings. The molecule has 1 aliphatic rings. The van der Waals surface area contributed by atoms with E-state index in [0.717, 1.165) is 0 Å². The minimum Gasteiger partial charge on any atom is -0.497 e. The van der Waals surface area contributed by atoms with Gasteiger partial charge in [-0.05, 0) is 18.6 Å². The highest BCUT2D eigenvalue weighted by atomic mass is 16.5. The summed E-state index contributed by atoms with van der Waals surface area (Å²) in [6, 6.07) is 4.61. The van der Waals surface area contributed by atoms with E-state index in [4.69, 9.17) is 9.47 Å². The number of amides is 2. The summed E-state index contributed by atoms with van der Waals surface area (Å²) in [6.45, 7) is 2.86. The highest BCUT2D eigenvalue weighted by molar-refractivity contribution is 6.00. The molecular formula is C15H20N2O4. The molecule has 0 aromatic heterocycles. The zero-order valence-electron chi connectivity index (χ0n) is 12.5. The van der Waals surface area contributed by atoms with E-state index in [0.29, 0.717) is 36.6 Å². The van der Waals surface area contributed by atoms with Crippen LogP contribution >= 0.6 is 0 Å². The molecule has 0 bridgehead atoms. The van der Waals surface area contributed by atoms with Crippen LogP contribution in [0.2, 0.25) is 0 Å². The average Bonchev–Trinajstić information content (AvgIpc) is 2.53. The molecular weight excluding hydrogens is 272 g/mol. The van der Waals surface area contributed by atoms with E-state index in [9.17, 15) is 9.59 Å². The first-order valence-corrected chi connectivity index (χ1v) is 6.93. The molecule has 0 spiro atoms. The summed E-state index contributed by atoms with van der Waals surface area (Å²) in [5, 5.41) is 2.78. The zero-order valence-corrected chi connectivity index (χ0v) is 12.5. The Kier molecular flexibility index (Phi) is 4.67. The Bertz CT molecular complexity index is 544. The van der Waals surface area contributed by atoms with E-state index in [-0.39, 0.29) is 11.8 Å². The van der Waals surface area contributed by atoms with Gasteiger partial charge in [0.25, 0.3) is 5.91 Å². The van der Waals surface area contributed by atoms with Gasteiger partial charge < -0.3 is 19.7 Å². The van der Waals surface area contributed by atoms with Crippen LogP contribution in [0.4, 0.5) is 0 Å². The lowest BCUT2D eigenvalue weighted by Gasteiger charge is -2.34. The number of methoxy groups -OCH3 is 2. The normalized spacial score (nSPS) is 18.1. The van der Waals surface area contributed by atoms with E-state index in [1.165, 1.54) is 7.11 Å².